The van der Waals surface area contributed by atoms with Crippen LogP contribution in [0.15, 0.2) is 24.3 Å². The van der Waals surface area contributed by atoms with Crippen molar-refractivity contribution < 1.29 is 14.0 Å². The van der Waals surface area contributed by atoms with E-state index in [1.165, 1.54) is 6.07 Å². The maximum Gasteiger partial charge on any atom is 0.226 e. The third-order valence-corrected chi connectivity index (χ3v) is 5.22. The molecule has 0 radical (unpaired) electrons. The van der Waals surface area contributed by atoms with Crippen LogP contribution in [0.1, 0.15) is 45.1 Å². The molecule has 0 atom stereocenters. The predicted molar refractivity (Wildman–Crippen MR) is 94.1 cm³/mol. The molecule has 1 saturated heterocycles. The highest BCUT2D eigenvalue weighted by atomic mass is 19.1. The van der Waals surface area contributed by atoms with Crippen molar-refractivity contribution in [1.29, 1.82) is 0 Å². The summed E-state index contributed by atoms with van der Waals surface area (Å²) in [5, 5.41) is 0. The Morgan fingerprint density at radius 2 is 1.80 bits per heavy atom. The van der Waals surface area contributed by atoms with Gasteiger partial charge >= 0.3 is 0 Å². The fourth-order valence-corrected chi connectivity index (χ4v) is 3.53. The average molecular weight is 346 g/mol. The highest BCUT2D eigenvalue weighted by Crippen LogP contribution is 2.32. The van der Waals surface area contributed by atoms with Crippen LogP contribution in [0.4, 0.5) is 4.39 Å². The first-order valence-corrected chi connectivity index (χ1v) is 9.30. The van der Waals surface area contributed by atoms with Crippen molar-refractivity contribution >= 4 is 11.8 Å². The van der Waals surface area contributed by atoms with Crippen molar-refractivity contribution in [1.82, 2.24) is 9.80 Å². The second-order valence-electron chi connectivity index (χ2n) is 7.54. The fourth-order valence-electron chi connectivity index (χ4n) is 3.53. The molecule has 136 valence electrons. The molecule has 1 aliphatic heterocycles. The van der Waals surface area contributed by atoms with Gasteiger partial charge in [-0.3, -0.25) is 9.59 Å². The summed E-state index contributed by atoms with van der Waals surface area (Å²) in [5.74, 6) is -0.0168. The Morgan fingerprint density at radius 1 is 1.16 bits per heavy atom. The number of hydrogen-bond acceptors (Lipinski definition) is 2. The van der Waals surface area contributed by atoms with E-state index in [-0.39, 0.29) is 35.5 Å². The Bertz CT molecular complexity index is 634. The summed E-state index contributed by atoms with van der Waals surface area (Å²) in [7, 11) is 0. The molecule has 0 unspecified atom stereocenters. The molecule has 3 rings (SSSR count). The van der Waals surface area contributed by atoms with Gasteiger partial charge in [-0.25, -0.2) is 4.39 Å². The zero-order valence-electron chi connectivity index (χ0n) is 15.1. The minimum Gasteiger partial charge on any atom is -0.342 e. The lowest BCUT2D eigenvalue weighted by molar-refractivity contribution is -0.142. The zero-order chi connectivity index (χ0) is 18.0. The summed E-state index contributed by atoms with van der Waals surface area (Å²) in [5.41, 5.74) is 0.579. The van der Waals surface area contributed by atoms with Gasteiger partial charge in [-0.15, -0.1) is 0 Å². The Morgan fingerprint density at radius 3 is 2.36 bits per heavy atom. The van der Waals surface area contributed by atoms with E-state index in [1.807, 2.05) is 29.7 Å². The van der Waals surface area contributed by atoms with E-state index in [0.29, 0.717) is 38.0 Å². The van der Waals surface area contributed by atoms with E-state index in [1.54, 1.807) is 12.1 Å². The number of carbonyl (C=O) groups excluding carboxylic acids is 2. The van der Waals surface area contributed by atoms with Crippen molar-refractivity contribution in [2.75, 3.05) is 13.1 Å². The largest absolute Gasteiger partial charge is 0.342 e. The summed E-state index contributed by atoms with van der Waals surface area (Å²) in [6.07, 6.45) is 3.42. The summed E-state index contributed by atoms with van der Waals surface area (Å²) < 4.78 is 14.0. The van der Waals surface area contributed by atoms with Gasteiger partial charge in [0.15, 0.2) is 0 Å². The van der Waals surface area contributed by atoms with Crippen molar-refractivity contribution in [2.45, 2.75) is 52.1 Å². The van der Waals surface area contributed by atoms with Gasteiger partial charge in [0.1, 0.15) is 5.82 Å². The summed E-state index contributed by atoms with van der Waals surface area (Å²) in [4.78, 5) is 28.8. The van der Waals surface area contributed by atoms with Crippen LogP contribution < -0.4 is 0 Å². The number of carbonyl (C=O) groups is 2. The third kappa shape index (κ3) is 4.20. The number of rotatable bonds is 5. The molecule has 1 aromatic rings. The van der Waals surface area contributed by atoms with Gasteiger partial charge in [0, 0.05) is 43.1 Å². The number of amides is 2. The first kappa shape index (κ1) is 17.9. The number of likely N-dealkylation sites (tertiary alicyclic amines) is 1. The SMILES string of the molecule is CC(C)C(=O)N1CCC(C(=O)N(Cc2ccccc2F)C2CC2)CC1. The summed E-state index contributed by atoms with van der Waals surface area (Å²) in [6.45, 7) is 5.45. The second-order valence-corrected chi connectivity index (χ2v) is 7.54. The van der Waals surface area contributed by atoms with Gasteiger partial charge in [-0.2, -0.15) is 0 Å². The lowest BCUT2D eigenvalue weighted by Crippen LogP contribution is -2.45. The van der Waals surface area contributed by atoms with Crippen LogP contribution in [0.5, 0.6) is 0 Å². The highest BCUT2D eigenvalue weighted by Gasteiger charge is 2.37. The summed E-state index contributed by atoms with van der Waals surface area (Å²) in [6, 6.07) is 6.93. The van der Waals surface area contributed by atoms with E-state index >= 15 is 0 Å². The Balaban J connectivity index is 1.62. The van der Waals surface area contributed by atoms with Gasteiger partial charge in [0.2, 0.25) is 11.8 Å². The minimum absolute atomic E-state index is 0.00345. The Labute approximate surface area is 149 Å². The molecule has 5 heteroatoms. The molecule has 2 amide bonds. The average Bonchev–Trinajstić information content (AvgIpc) is 3.45. The molecule has 2 fully saturated rings. The maximum atomic E-state index is 14.0. The highest BCUT2D eigenvalue weighted by molar-refractivity contribution is 5.81. The van der Waals surface area contributed by atoms with Crippen LogP contribution in [0.25, 0.3) is 0 Å². The van der Waals surface area contributed by atoms with Crippen LogP contribution in [-0.2, 0) is 16.1 Å². The molecular formula is C20H27FN2O2. The minimum atomic E-state index is -0.252. The standard InChI is InChI=1S/C20H27FN2O2/c1-14(2)19(24)22-11-9-15(10-12-22)20(25)23(17-7-8-17)13-16-5-3-4-6-18(16)21/h3-6,14-15,17H,7-13H2,1-2H3. The topological polar surface area (TPSA) is 40.6 Å². The predicted octanol–water partition coefficient (Wildman–Crippen LogP) is 3.21. The van der Waals surface area contributed by atoms with Crippen LogP contribution >= 0.6 is 0 Å². The smallest absolute Gasteiger partial charge is 0.226 e. The number of nitrogens with zero attached hydrogens (tertiary/aromatic N) is 2. The first-order valence-electron chi connectivity index (χ1n) is 9.30. The molecule has 0 N–H and O–H groups in total. The van der Waals surface area contributed by atoms with Crippen LogP contribution in [0.3, 0.4) is 0 Å². The van der Waals surface area contributed by atoms with Crippen molar-refractivity contribution in [3.63, 3.8) is 0 Å². The van der Waals surface area contributed by atoms with E-state index < -0.39 is 0 Å². The van der Waals surface area contributed by atoms with Crippen molar-refractivity contribution in [3.05, 3.63) is 35.6 Å². The quantitative estimate of drug-likeness (QED) is 0.821. The third-order valence-electron chi connectivity index (χ3n) is 5.22. The van der Waals surface area contributed by atoms with E-state index in [2.05, 4.69) is 0 Å². The van der Waals surface area contributed by atoms with Crippen molar-refractivity contribution in [2.24, 2.45) is 11.8 Å². The molecule has 0 aromatic heterocycles. The molecule has 1 aliphatic carbocycles. The Hall–Kier alpha value is -1.91. The number of hydrogen-bond donors (Lipinski definition) is 0. The monoisotopic (exact) mass is 346 g/mol. The van der Waals surface area contributed by atoms with Gasteiger partial charge in [-0.05, 0) is 31.7 Å². The Kier molecular flexibility index (Phi) is 5.40. The van der Waals surface area contributed by atoms with Crippen LogP contribution in [0, 0.1) is 17.7 Å². The van der Waals surface area contributed by atoms with E-state index in [0.717, 1.165) is 12.8 Å². The van der Waals surface area contributed by atoms with Gasteiger partial charge in [-0.1, -0.05) is 32.0 Å². The lowest BCUT2D eigenvalue weighted by atomic mass is 9.94. The molecule has 1 saturated carbocycles. The molecular weight excluding hydrogens is 319 g/mol. The van der Waals surface area contributed by atoms with E-state index in [4.69, 9.17) is 0 Å². The molecule has 4 nitrogen and oxygen atoms in total. The second kappa shape index (κ2) is 7.54. The van der Waals surface area contributed by atoms with E-state index in [9.17, 15) is 14.0 Å². The molecule has 0 bridgehead atoms. The number of piperidine rings is 1. The zero-order valence-corrected chi connectivity index (χ0v) is 15.1. The molecule has 1 heterocycles. The maximum absolute atomic E-state index is 14.0. The van der Waals surface area contributed by atoms with Crippen molar-refractivity contribution in [3.8, 4) is 0 Å². The van der Waals surface area contributed by atoms with Gasteiger partial charge < -0.3 is 9.80 Å². The summed E-state index contributed by atoms with van der Waals surface area (Å²) >= 11 is 0. The fraction of sp³-hybridized carbons (Fsp3) is 0.600. The van der Waals surface area contributed by atoms with Gasteiger partial charge in [0.05, 0.1) is 0 Å². The normalized spacial score (nSPS) is 18.5. The molecule has 25 heavy (non-hydrogen) atoms. The van der Waals surface area contributed by atoms with Gasteiger partial charge in [0.25, 0.3) is 0 Å². The van der Waals surface area contributed by atoms with Crippen LogP contribution in [0.2, 0.25) is 0 Å². The molecule has 1 aromatic carbocycles. The number of benzene rings is 1. The van der Waals surface area contributed by atoms with Crippen LogP contribution in [-0.4, -0.2) is 40.7 Å². The first-order chi connectivity index (χ1) is 12.0. The molecule has 0 spiro atoms. The molecule has 2 aliphatic rings. The lowest BCUT2D eigenvalue weighted by Gasteiger charge is -2.35. The number of halogens is 1.